The normalized spacial score (nSPS) is 26.5. The topological polar surface area (TPSA) is 60.9 Å². The summed E-state index contributed by atoms with van der Waals surface area (Å²) in [5.41, 5.74) is 1.16. The van der Waals surface area contributed by atoms with E-state index in [1.54, 1.807) is 0 Å². The second kappa shape index (κ2) is 7.07. The van der Waals surface area contributed by atoms with Crippen LogP contribution in [0, 0.1) is 5.92 Å². The second-order valence-electron chi connectivity index (χ2n) is 6.10. The maximum absolute atomic E-state index is 12.5. The molecule has 2 aliphatic rings. The summed E-state index contributed by atoms with van der Waals surface area (Å²) in [5, 5.41) is 9.09. The number of likely N-dealkylation sites (N-methyl/N-ethyl adjacent to an activating group) is 1. The van der Waals surface area contributed by atoms with Crippen LogP contribution in [0.5, 0.6) is 0 Å². The Bertz CT molecular complexity index is 433. The van der Waals surface area contributed by atoms with Crippen LogP contribution < -0.4 is 0 Å². The molecule has 0 spiro atoms. The Hall–Kier alpha value is -1.36. The van der Waals surface area contributed by atoms with Crippen molar-refractivity contribution in [1.29, 1.82) is 0 Å². The van der Waals surface area contributed by atoms with Gasteiger partial charge in [-0.25, -0.2) is 0 Å². The van der Waals surface area contributed by atoms with Gasteiger partial charge in [-0.15, -0.1) is 0 Å². The predicted molar refractivity (Wildman–Crippen MR) is 80.7 cm³/mol. The first kappa shape index (κ1) is 16.0. The number of carboxylic acids is 1. The number of amides is 1. The van der Waals surface area contributed by atoms with Crippen LogP contribution >= 0.6 is 0 Å². The highest BCUT2D eigenvalue weighted by molar-refractivity contribution is 5.80. The zero-order chi connectivity index (χ0) is 15.4. The lowest BCUT2D eigenvalue weighted by molar-refractivity contribution is -0.144. The van der Waals surface area contributed by atoms with Crippen molar-refractivity contribution >= 4 is 11.9 Å². The maximum atomic E-state index is 12.5. The van der Waals surface area contributed by atoms with Crippen LogP contribution in [0.25, 0.3) is 0 Å². The summed E-state index contributed by atoms with van der Waals surface area (Å²) in [5.74, 6) is -0.823. The summed E-state index contributed by atoms with van der Waals surface area (Å²) >= 11 is 0. The van der Waals surface area contributed by atoms with Crippen molar-refractivity contribution in [1.82, 2.24) is 9.80 Å². The molecule has 1 aliphatic carbocycles. The zero-order valence-corrected chi connectivity index (χ0v) is 13.0. The third kappa shape index (κ3) is 3.84. The summed E-state index contributed by atoms with van der Waals surface area (Å²) < 4.78 is 0. The number of carbonyl (C=O) groups excluding carboxylic acids is 1. The molecule has 2 unspecified atom stereocenters. The third-order valence-corrected chi connectivity index (χ3v) is 4.68. The molecule has 1 fully saturated rings. The largest absolute Gasteiger partial charge is 0.481 e. The highest BCUT2D eigenvalue weighted by atomic mass is 16.4. The first-order chi connectivity index (χ1) is 10.0. The molecule has 2 rings (SSSR count). The first-order valence-electron chi connectivity index (χ1n) is 7.99. The summed E-state index contributed by atoms with van der Waals surface area (Å²) in [6.07, 6.45) is 6.65. The molecule has 118 valence electrons. The number of aliphatic carboxylic acids is 1. The van der Waals surface area contributed by atoms with Gasteiger partial charge in [0.25, 0.3) is 0 Å². The fraction of sp³-hybridized carbons (Fsp3) is 0.750. The van der Waals surface area contributed by atoms with Crippen molar-refractivity contribution in [3.63, 3.8) is 0 Å². The minimum atomic E-state index is -0.709. The van der Waals surface area contributed by atoms with Gasteiger partial charge in [0.2, 0.25) is 5.91 Å². The van der Waals surface area contributed by atoms with Gasteiger partial charge in [0.1, 0.15) is 0 Å². The molecule has 0 aromatic carbocycles. The van der Waals surface area contributed by atoms with E-state index < -0.39 is 5.97 Å². The van der Waals surface area contributed by atoms with Crippen molar-refractivity contribution in [2.75, 3.05) is 19.6 Å². The van der Waals surface area contributed by atoms with Crippen LogP contribution in [0.1, 0.15) is 46.0 Å². The third-order valence-electron chi connectivity index (χ3n) is 4.68. The van der Waals surface area contributed by atoms with Crippen LogP contribution in [0.4, 0.5) is 0 Å². The Morgan fingerprint density at radius 3 is 2.76 bits per heavy atom. The van der Waals surface area contributed by atoms with Crippen LogP contribution in [0.3, 0.4) is 0 Å². The number of allylic oxidation sites excluding steroid dienone is 2. The minimum Gasteiger partial charge on any atom is -0.481 e. The van der Waals surface area contributed by atoms with Crippen molar-refractivity contribution in [3.8, 4) is 0 Å². The van der Waals surface area contributed by atoms with Crippen molar-refractivity contribution in [2.45, 2.75) is 52.0 Å². The van der Waals surface area contributed by atoms with Gasteiger partial charge in [0.05, 0.1) is 12.5 Å². The average Bonchev–Trinajstić information content (AvgIpc) is 2.95. The number of hydrogen-bond acceptors (Lipinski definition) is 3. The lowest BCUT2D eigenvalue weighted by Crippen LogP contribution is -2.48. The van der Waals surface area contributed by atoms with Gasteiger partial charge in [0.15, 0.2) is 0 Å². The number of nitrogens with zero attached hydrogens (tertiary/aromatic N) is 2. The van der Waals surface area contributed by atoms with E-state index in [4.69, 9.17) is 5.11 Å². The highest BCUT2D eigenvalue weighted by Gasteiger charge is 2.31. The van der Waals surface area contributed by atoms with E-state index in [1.807, 2.05) is 18.7 Å². The van der Waals surface area contributed by atoms with E-state index >= 15 is 0 Å². The summed E-state index contributed by atoms with van der Waals surface area (Å²) in [6, 6.07) is 0.153. The summed E-state index contributed by atoms with van der Waals surface area (Å²) in [4.78, 5) is 27.6. The molecule has 1 N–H and O–H groups in total. The molecule has 0 bridgehead atoms. The van der Waals surface area contributed by atoms with Crippen LogP contribution in [-0.4, -0.2) is 52.5 Å². The van der Waals surface area contributed by atoms with E-state index in [1.165, 1.54) is 0 Å². The second-order valence-corrected chi connectivity index (χ2v) is 6.10. The molecule has 0 aromatic rings. The molecular weight excluding hydrogens is 268 g/mol. The number of rotatable bonds is 5. The molecule has 5 heteroatoms. The molecule has 0 aromatic heterocycles. The summed E-state index contributed by atoms with van der Waals surface area (Å²) in [7, 11) is 0. The molecule has 1 aliphatic heterocycles. The van der Waals surface area contributed by atoms with Gasteiger partial charge in [-0.05, 0) is 52.5 Å². The molecule has 21 heavy (non-hydrogen) atoms. The zero-order valence-electron chi connectivity index (χ0n) is 13.0. The lowest BCUT2D eigenvalue weighted by atomic mass is 9.92. The monoisotopic (exact) mass is 294 g/mol. The Morgan fingerprint density at radius 2 is 2.24 bits per heavy atom. The number of likely N-dealkylation sites (tertiary alicyclic amines) is 1. The van der Waals surface area contributed by atoms with Gasteiger partial charge in [0, 0.05) is 18.3 Å². The fourth-order valence-corrected chi connectivity index (χ4v) is 3.38. The number of carboxylic acid groups (broad SMARTS) is 1. The van der Waals surface area contributed by atoms with Crippen molar-refractivity contribution in [3.05, 3.63) is 11.8 Å². The standard InChI is InChI=1S/C16H26N2O3/c1-3-18(14-6-4-5-7-14)15(19)11-17-9-8-13(16(20)21)10-12(17)2/h6,12-13H,3-5,7-11H2,1-2H3,(H,20,21). The molecule has 0 radical (unpaired) electrons. The molecule has 1 saturated heterocycles. The Kier molecular flexibility index (Phi) is 5.39. The number of carbonyl (C=O) groups is 2. The molecule has 5 nitrogen and oxygen atoms in total. The van der Waals surface area contributed by atoms with Crippen LogP contribution in [0.2, 0.25) is 0 Å². The van der Waals surface area contributed by atoms with Gasteiger partial charge in [-0.3, -0.25) is 14.5 Å². The Balaban J connectivity index is 1.91. The minimum absolute atomic E-state index is 0.145. The number of piperidine rings is 1. The summed E-state index contributed by atoms with van der Waals surface area (Å²) in [6.45, 7) is 5.84. The average molecular weight is 294 g/mol. The van der Waals surface area contributed by atoms with Crippen LogP contribution in [0.15, 0.2) is 11.8 Å². The number of hydrogen-bond donors (Lipinski definition) is 1. The molecule has 1 amide bonds. The highest BCUT2D eigenvalue weighted by Crippen LogP contribution is 2.25. The molecular formula is C16H26N2O3. The van der Waals surface area contributed by atoms with Gasteiger partial charge in [-0.1, -0.05) is 6.08 Å². The van der Waals surface area contributed by atoms with Gasteiger partial charge in [-0.2, -0.15) is 0 Å². The fourth-order valence-electron chi connectivity index (χ4n) is 3.38. The van der Waals surface area contributed by atoms with Crippen LogP contribution in [-0.2, 0) is 9.59 Å². The van der Waals surface area contributed by atoms with E-state index in [9.17, 15) is 9.59 Å². The van der Waals surface area contributed by atoms with E-state index in [2.05, 4.69) is 11.0 Å². The molecule has 1 heterocycles. The smallest absolute Gasteiger partial charge is 0.306 e. The maximum Gasteiger partial charge on any atom is 0.306 e. The van der Waals surface area contributed by atoms with E-state index in [-0.39, 0.29) is 17.9 Å². The Morgan fingerprint density at radius 1 is 1.48 bits per heavy atom. The van der Waals surface area contributed by atoms with Gasteiger partial charge >= 0.3 is 5.97 Å². The molecule has 2 atom stereocenters. The first-order valence-corrected chi connectivity index (χ1v) is 7.99. The molecule has 0 saturated carbocycles. The quantitative estimate of drug-likeness (QED) is 0.843. The van der Waals surface area contributed by atoms with Gasteiger partial charge < -0.3 is 10.0 Å². The van der Waals surface area contributed by atoms with E-state index in [0.717, 1.165) is 25.0 Å². The van der Waals surface area contributed by atoms with Crippen molar-refractivity contribution < 1.29 is 14.7 Å². The predicted octanol–water partition coefficient (Wildman–Crippen LogP) is 2.09. The van der Waals surface area contributed by atoms with E-state index in [0.29, 0.717) is 32.5 Å². The van der Waals surface area contributed by atoms with Crippen molar-refractivity contribution in [2.24, 2.45) is 5.92 Å². The Labute approximate surface area is 126 Å². The lowest BCUT2D eigenvalue weighted by Gasteiger charge is -2.37. The SMILES string of the molecule is CCN(C(=O)CN1CCC(C(=O)O)CC1C)C1=CCCC1.